The van der Waals surface area contributed by atoms with Gasteiger partial charge in [0.25, 0.3) is 10.1 Å². The number of nitrogens with zero attached hydrogens (tertiary/aromatic N) is 1. The zero-order chi connectivity index (χ0) is 25.9. The fraction of sp³-hybridized carbons (Fsp3) is 0.480. The van der Waals surface area contributed by atoms with Crippen LogP contribution < -0.4 is 10.1 Å². The maximum Gasteiger partial charge on any atom is 0.261 e. The SMILES string of the molecule is CC[C@](O)(c1ccc2c(c1)CCC(=O)N2)N1CCC(O)(c2ccc(OC)cc2)CC1.CS(=O)(=O)O. The number of anilines is 1. The average Bonchev–Trinajstić information content (AvgIpc) is 2.82. The number of nitrogens with one attached hydrogen (secondary N) is 1. The Labute approximate surface area is 206 Å². The van der Waals surface area contributed by atoms with Crippen molar-refractivity contribution in [3.63, 3.8) is 0 Å². The largest absolute Gasteiger partial charge is 0.497 e. The fourth-order valence-corrected chi connectivity index (χ4v) is 4.68. The predicted molar refractivity (Wildman–Crippen MR) is 133 cm³/mol. The van der Waals surface area contributed by atoms with Crippen LogP contribution in [-0.4, -0.2) is 60.4 Å². The zero-order valence-electron chi connectivity index (χ0n) is 20.3. The van der Waals surface area contributed by atoms with E-state index in [4.69, 9.17) is 9.29 Å². The van der Waals surface area contributed by atoms with Gasteiger partial charge in [-0.15, -0.1) is 0 Å². The van der Waals surface area contributed by atoms with Crippen LogP contribution in [-0.2, 0) is 32.7 Å². The molecule has 1 amide bonds. The molecule has 9 nitrogen and oxygen atoms in total. The highest BCUT2D eigenvalue weighted by Crippen LogP contribution is 2.40. The number of likely N-dealkylation sites (tertiary alicyclic amines) is 1. The van der Waals surface area contributed by atoms with Crippen molar-refractivity contribution >= 4 is 21.7 Å². The zero-order valence-corrected chi connectivity index (χ0v) is 21.1. The van der Waals surface area contributed by atoms with Gasteiger partial charge in [-0.25, -0.2) is 0 Å². The molecule has 10 heteroatoms. The summed E-state index contributed by atoms with van der Waals surface area (Å²) in [5.74, 6) is 0.804. The van der Waals surface area contributed by atoms with Crippen molar-refractivity contribution in [3.05, 3.63) is 59.2 Å². The molecule has 0 unspecified atom stereocenters. The Balaban J connectivity index is 0.000000623. The van der Waals surface area contributed by atoms with Gasteiger partial charge in [0.1, 0.15) is 11.5 Å². The first-order valence-corrected chi connectivity index (χ1v) is 13.4. The number of rotatable bonds is 5. The first-order valence-electron chi connectivity index (χ1n) is 11.6. The summed E-state index contributed by atoms with van der Waals surface area (Å²) in [6, 6.07) is 13.4. The number of ether oxygens (including phenoxy) is 1. The molecule has 0 aromatic heterocycles. The average molecular weight is 507 g/mol. The van der Waals surface area contributed by atoms with E-state index in [1.807, 2.05) is 49.4 Å². The lowest BCUT2D eigenvalue weighted by Crippen LogP contribution is -2.52. The van der Waals surface area contributed by atoms with Crippen LogP contribution in [0.4, 0.5) is 5.69 Å². The lowest BCUT2D eigenvalue weighted by Gasteiger charge is -2.46. The number of fused-ring (bicyclic) bond motifs is 1. The Bertz CT molecular complexity index is 1130. The third kappa shape index (κ3) is 6.59. The molecule has 0 radical (unpaired) electrons. The minimum absolute atomic E-state index is 0.0369. The molecule has 4 rings (SSSR count). The number of hydrogen-bond acceptors (Lipinski definition) is 7. The Kier molecular flexibility index (Phi) is 8.23. The Morgan fingerprint density at radius 3 is 2.26 bits per heavy atom. The van der Waals surface area contributed by atoms with Crippen molar-refractivity contribution in [2.75, 3.05) is 31.8 Å². The molecule has 2 aliphatic rings. The quantitative estimate of drug-likeness (QED) is 0.455. The highest BCUT2D eigenvalue weighted by Gasteiger charge is 2.42. The van der Waals surface area contributed by atoms with Gasteiger partial charge in [0.15, 0.2) is 0 Å². The third-order valence-electron chi connectivity index (χ3n) is 6.70. The lowest BCUT2D eigenvalue weighted by atomic mass is 9.82. The van der Waals surface area contributed by atoms with E-state index < -0.39 is 21.4 Å². The van der Waals surface area contributed by atoms with Gasteiger partial charge in [-0.1, -0.05) is 25.1 Å². The summed E-state index contributed by atoms with van der Waals surface area (Å²) in [5, 5.41) is 25.7. The van der Waals surface area contributed by atoms with E-state index >= 15 is 0 Å². The number of hydrogen-bond donors (Lipinski definition) is 4. The molecule has 0 saturated carbocycles. The maximum atomic E-state index is 11.6. The molecule has 2 aliphatic heterocycles. The summed E-state index contributed by atoms with van der Waals surface area (Å²) >= 11 is 0. The van der Waals surface area contributed by atoms with Crippen molar-refractivity contribution in [1.29, 1.82) is 0 Å². The fourth-order valence-electron chi connectivity index (χ4n) is 4.68. The molecular weight excluding hydrogens is 472 g/mol. The van der Waals surface area contributed by atoms with Crippen LogP contribution in [0.5, 0.6) is 5.75 Å². The van der Waals surface area contributed by atoms with Crippen LogP contribution in [0, 0.1) is 0 Å². The number of aliphatic hydroxyl groups is 2. The maximum absolute atomic E-state index is 11.6. The second-order valence-electron chi connectivity index (χ2n) is 9.07. The van der Waals surface area contributed by atoms with Crippen molar-refractivity contribution in [2.45, 2.75) is 50.4 Å². The van der Waals surface area contributed by atoms with E-state index in [1.54, 1.807) is 7.11 Å². The molecule has 0 spiro atoms. The van der Waals surface area contributed by atoms with Gasteiger partial charge < -0.3 is 20.3 Å². The van der Waals surface area contributed by atoms with E-state index in [1.165, 1.54) is 0 Å². The van der Waals surface area contributed by atoms with Crippen LogP contribution in [0.25, 0.3) is 0 Å². The van der Waals surface area contributed by atoms with Gasteiger partial charge in [0.2, 0.25) is 5.91 Å². The normalized spacial score (nSPS) is 19.4. The molecule has 2 aromatic rings. The van der Waals surface area contributed by atoms with Crippen LogP contribution in [0.2, 0.25) is 0 Å². The van der Waals surface area contributed by atoms with E-state index in [0.717, 1.165) is 28.1 Å². The van der Waals surface area contributed by atoms with Gasteiger partial charge >= 0.3 is 0 Å². The van der Waals surface area contributed by atoms with Crippen LogP contribution in [0.1, 0.15) is 49.3 Å². The molecule has 1 fully saturated rings. The summed E-state index contributed by atoms with van der Waals surface area (Å²) in [4.78, 5) is 13.7. The highest BCUT2D eigenvalue weighted by atomic mass is 32.2. The minimum Gasteiger partial charge on any atom is -0.497 e. The van der Waals surface area contributed by atoms with Gasteiger partial charge in [0, 0.05) is 25.2 Å². The summed E-state index contributed by atoms with van der Waals surface area (Å²) < 4.78 is 31.1. The first kappa shape index (κ1) is 27.1. The molecule has 4 N–H and O–H groups in total. The van der Waals surface area contributed by atoms with Crippen LogP contribution >= 0.6 is 0 Å². The smallest absolute Gasteiger partial charge is 0.261 e. The molecule has 2 aromatic carbocycles. The van der Waals surface area contributed by atoms with E-state index in [-0.39, 0.29) is 5.91 Å². The molecule has 35 heavy (non-hydrogen) atoms. The van der Waals surface area contributed by atoms with E-state index in [2.05, 4.69) is 10.2 Å². The van der Waals surface area contributed by atoms with Gasteiger partial charge in [-0.2, -0.15) is 8.42 Å². The number of methoxy groups -OCH3 is 1. The third-order valence-corrected chi connectivity index (χ3v) is 6.70. The Hall–Kier alpha value is -2.50. The molecule has 0 aliphatic carbocycles. The van der Waals surface area contributed by atoms with E-state index in [9.17, 15) is 23.4 Å². The van der Waals surface area contributed by atoms with Gasteiger partial charge in [-0.3, -0.25) is 14.2 Å². The summed E-state index contributed by atoms with van der Waals surface area (Å²) in [7, 11) is -2.04. The summed E-state index contributed by atoms with van der Waals surface area (Å²) in [5.41, 5.74) is 1.61. The van der Waals surface area contributed by atoms with Crippen molar-refractivity contribution < 1.29 is 32.7 Å². The number of amides is 1. The Morgan fingerprint density at radius 1 is 1.11 bits per heavy atom. The van der Waals surface area contributed by atoms with Crippen molar-refractivity contribution in [2.24, 2.45) is 0 Å². The topological polar surface area (TPSA) is 136 Å². The molecule has 0 bridgehead atoms. The molecule has 1 atom stereocenters. The number of piperidine rings is 1. The molecular formula is C25H34N2O7S. The summed E-state index contributed by atoms with van der Waals surface area (Å²) in [6.07, 6.45) is 3.50. The molecule has 1 saturated heterocycles. The van der Waals surface area contributed by atoms with Gasteiger partial charge in [-0.05, 0) is 66.6 Å². The van der Waals surface area contributed by atoms with Crippen molar-refractivity contribution in [1.82, 2.24) is 4.90 Å². The lowest BCUT2D eigenvalue weighted by molar-refractivity contribution is -0.153. The monoisotopic (exact) mass is 506 g/mol. The van der Waals surface area contributed by atoms with Crippen LogP contribution in [0.3, 0.4) is 0 Å². The second kappa shape index (κ2) is 10.6. The number of aryl methyl sites for hydroxylation is 1. The number of carbonyl (C=O) groups excluding carboxylic acids is 1. The van der Waals surface area contributed by atoms with Crippen molar-refractivity contribution in [3.8, 4) is 5.75 Å². The van der Waals surface area contributed by atoms with Crippen LogP contribution in [0.15, 0.2) is 42.5 Å². The number of benzene rings is 2. The predicted octanol–water partition coefficient (Wildman–Crippen LogP) is 2.62. The molecule has 192 valence electrons. The standard InChI is InChI=1S/C24H30N2O4.CH4O3S/c1-3-24(29,19-7-10-21-17(16-19)4-11-22(27)25-21)26-14-12-23(28,13-15-26)18-5-8-20(30-2)9-6-18;1-5(2,3)4/h5-10,16,28-29H,3-4,11-15H2,1-2H3,(H,25,27);1H3,(H,2,3,4)/t24-;/m0./s1. The molecule has 2 heterocycles. The number of carbonyl (C=O) groups is 1. The van der Waals surface area contributed by atoms with E-state index in [0.29, 0.717) is 51.4 Å². The summed E-state index contributed by atoms with van der Waals surface area (Å²) in [6.45, 7) is 3.15. The van der Waals surface area contributed by atoms with Gasteiger partial charge in [0.05, 0.1) is 19.0 Å². The second-order valence-corrected chi connectivity index (χ2v) is 10.5. The first-order chi connectivity index (χ1) is 16.4. The highest BCUT2D eigenvalue weighted by molar-refractivity contribution is 7.85. The Morgan fingerprint density at radius 2 is 1.71 bits per heavy atom. The minimum atomic E-state index is -3.67.